The standard InChI is InChI=1S/C20H16ClFN4O2/c1-12-6-7-14(10-13(12)2)24-8-9-25-18(19(24)27)23-26(20(25)28)11-15-16(21)4-3-5-17(15)22/h3-10H,11H2,1-2H3. The molecule has 142 valence electrons. The molecule has 6 nitrogen and oxygen atoms in total. The number of nitrogens with zero attached hydrogens (tertiary/aromatic N) is 4. The Balaban J connectivity index is 1.85. The van der Waals surface area contributed by atoms with Crippen LogP contribution in [0.3, 0.4) is 0 Å². The van der Waals surface area contributed by atoms with Crippen LogP contribution in [0, 0.1) is 19.7 Å². The summed E-state index contributed by atoms with van der Waals surface area (Å²) in [6.45, 7) is 3.77. The highest BCUT2D eigenvalue weighted by Gasteiger charge is 2.16. The van der Waals surface area contributed by atoms with Crippen LogP contribution in [-0.2, 0) is 6.54 Å². The quantitative estimate of drug-likeness (QED) is 0.532. The van der Waals surface area contributed by atoms with E-state index in [0.717, 1.165) is 20.2 Å². The van der Waals surface area contributed by atoms with Crippen LogP contribution in [0.5, 0.6) is 0 Å². The van der Waals surface area contributed by atoms with E-state index in [0.29, 0.717) is 5.69 Å². The van der Waals surface area contributed by atoms with E-state index in [1.165, 1.54) is 35.2 Å². The minimum absolute atomic E-state index is 0.0433. The van der Waals surface area contributed by atoms with Crippen molar-refractivity contribution in [1.82, 2.24) is 18.7 Å². The van der Waals surface area contributed by atoms with Crippen molar-refractivity contribution in [2.45, 2.75) is 20.4 Å². The lowest BCUT2D eigenvalue weighted by molar-refractivity contribution is 0.578. The molecule has 0 N–H and O–H groups in total. The van der Waals surface area contributed by atoms with E-state index < -0.39 is 17.1 Å². The van der Waals surface area contributed by atoms with Crippen molar-refractivity contribution in [3.63, 3.8) is 0 Å². The number of halogens is 2. The molecule has 0 aliphatic heterocycles. The molecule has 0 bridgehead atoms. The maximum Gasteiger partial charge on any atom is 0.350 e. The van der Waals surface area contributed by atoms with Crippen molar-refractivity contribution in [2.24, 2.45) is 0 Å². The first-order valence-corrected chi connectivity index (χ1v) is 8.96. The smallest absolute Gasteiger partial charge is 0.280 e. The van der Waals surface area contributed by atoms with E-state index in [4.69, 9.17) is 11.6 Å². The number of benzene rings is 2. The average Bonchev–Trinajstić information content (AvgIpc) is 2.98. The van der Waals surface area contributed by atoms with Crippen LogP contribution in [0.4, 0.5) is 4.39 Å². The van der Waals surface area contributed by atoms with Crippen LogP contribution in [0.2, 0.25) is 5.02 Å². The summed E-state index contributed by atoms with van der Waals surface area (Å²) in [5, 5.41) is 4.32. The second kappa shape index (κ2) is 6.76. The Morgan fingerprint density at radius 3 is 2.57 bits per heavy atom. The van der Waals surface area contributed by atoms with Crippen LogP contribution in [0.25, 0.3) is 11.3 Å². The molecule has 2 heterocycles. The zero-order chi connectivity index (χ0) is 20.0. The van der Waals surface area contributed by atoms with Gasteiger partial charge < -0.3 is 0 Å². The number of fused-ring (bicyclic) bond motifs is 1. The first kappa shape index (κ1) is 18.2. The molecule has 0 saturated heterocycles. The lowest BCUT2D eigenvalue weighted by atomic mass is 10.1. The van der Waals surface area contributed by atoms with E-state index in [1.54, 1.807) is 0 Å². The third kappa shape index (κ3) is 2.93. The number of aryl methyl sites for hydroxylation is 2. The summed E-state index contributed by atoms with van der Waals surface area (Å²) in [7, 11) is 0. The largest absolute Gasteiger partial charge is 0.350 e. The minimum atomic E-state index is -0.543. The summed E-state index contributed by atoms with van der Waals surface area (Å²) >= 11 is 6.04. The first-order chi connectivity index (χ1) is 13.4. The number of aromatic nitrogens is 4. The maximum absolute atomic E-state index is 14.1. The molecular weight excluding hydrogens is 383 g/mol. The van der Waals surface area contributed by atoms with Gasteiger partial charge in [0.15, 0.2) is 0 Å². The van der Waals surface area contributed by atoms with Gasteiger partial charge in [0.25, 0.3) is 0 Å². The first-order valence-electron chi connectivity index (χ1n) is 8.58. The van der Waals surface area contributed by atoms with Gasteiger partial charge in [0, 0.05) is 28.7 Å². The van der Waals surface area contributed by atoms with Gasteiger partial charge in [-0.2, -0.15) is 0 Å². The van der Waals surface area contributed by atoms with Crippen LogP contribution in [0.1, 0.15) is 16.7 Å². The molecule has 4 aromatic rings. The average molecular weight is 399 g/mol. The second-order valence-electron chi connectivity index (χ2n) is 6.58. The third-order valence-corrected chi connectivity index (χ3v) is 5.14. The Morgan fingerprint density at radius 2 is 1.86 bits per heavy atom. The van der Waals surface area contributed by atoms with E-state index in [2.05, 4.69) is 5.10 Å². The number of hydrogen-bond acceptors (Lipinski definition) is 3. The van der Waals surface area contributed by atoms with Gasteiger partial charge in [-0.25, -0.2) is 18.3 Å². The van der Waals surface area contributed by atoms with Crippen LogP contribution < -0.4 is 11.2 Å². The minimum Gasteiger partial charge on any atom is -0.280 e. The Hall–Kier alpha value is -3.19. The van der Waals surface area contributed by atoms with Gasteiger partial charge in [0.05, 0.1) is 6.54 Å². The van der Waals surface area contributed by atoms with Gasteiger partial charge in [-0.15, -0.1) is 5.10 Å². The van der Waals surface area contributed by atoms with E-state index in [1.807, 2.05) is 32.0 Å². The molecule has 28 heavy (non-hydrogen) atoms. The predicted molar refractivity (Wildman–Crippen MR) is 105 cm³/mol. The Bertz CT molecular complexity index is 1320. The van der Waals surface area contributed by atoms with Crippen molar-refractivity contribution in [1.29, 1.82) is 0 Å². The summed E-state index contributed by atoms with van der Waals surface area (Å²) in [5.74, 6) is -0.538. The summed E-state index contributed by atoms with van der Waals surface area (Å²) in [6.07, 6.45) is 2.99. The molecule has 0 aliphatic rings. The van der Waals surface area contributed by atoms with Crippen LogP contribution >= 0.6 is 11.6 Å². The van der Waals surface area contributed by atoms with Gasteiger partial charge in [-0.3, -0.25) is 9.36 Å². The summed E-state index contributed by atoms with van der Waals surface area (Å²) in [6, 6.07) is 9.92. The van der Waals surface area contributed by atoms with Crippen molar-refractivity contribution in [3.05, 3.63) is 97.2 Å². The van der Waals surface area contributed by atoms with Gasteiger partial charge in [0.1, 0.15) is 5.82 Å². The fourth-order valence-electron chi connectivity index (χ4n) is 3.02. The predicted octanol–water partition coefficient (Wildman–Crippen LogP) is 3.10. The zero-order valence-corrected chi connectivity index (χ0v) is 15.9. The molecule has 0 aliphatic carbocycles. The van der Waals surface area contributed by atoms with Gasteiger partial charge in [-0.1, -0.05) is 23.7 Å². The van der Waals surface area contributed by atoms with Crippen molar-refractivity contribution >= 4 is 17.2 Å². The maximum atomic E-state index is 14.1. The van der Waals surface area contributed by atoms with Gasteiger partial charge in [-0.05, 0) is 49.2 Å². The molecule has 0 fully saturated rings. The highest BCUT2D eigenvalue weighted by Crippen LogP contribution is 2.19. The Kier molecular flexibility index (Phi) is 4.39. The monoisotopic (exact) mass is 398 g/mol. The van der Waals surface area contributed by atoms with E-state index in [-0.39, 0.29) is 22.8 Å². The fourth-order valence-corrected chi connectivity index (χ4v) is 3.25. The topological polar surface area (TPSA) is 61.3 Å². The number of hydrogen-bond donors (Lipinski definition) is 0. The molecule has 0 radical (unpaired) electrons. The second-order valence-corrected chi connectivity index (χ2v) is 6.98. The fraction of sp³-hybridized carbons (Fsp3) is 0.150. The van der Waals surface area contributed by atoms with Crippen molar-refractivity contribution in [2.75, 3.05) is 0 Å². The Labute approximate surface area is 164 Å². The third-order valence-electron chi connectivity index (χ3n) is 4.78. The highest BCUT2D eigenvalue weighted by atomic mass is 35.5. The Morgan fingerprint density at radius 1 is 1.07 bits per heavy atom. The van der Waals surface area contributed by atoms with Crippen molar-refractivity contribution in [3.8, 4) is 5.69 Å². The lowest BCUT2D eigenvalue weighted by Gasteiger charge is -2.08. The van der Waals surface area contributed by atoms with Crippen molar-refractivity contribution < 1.29 is 4.39 Å². The van der Waals surface area contributed by atoms with Crippen LogP contribution in [0.15, 0.2) is 58.4 Å². The lowest BCUT2D eigenvalue weighted by Crippen LogP contribution is -2.24. The zero-order valence-electron chi connectivity index (χ0n) is 15.2. The van der Waals surface area contributed by atoms with E-state index in [9.17, 15) is 14.0 Å². The molecule has 0 atom stereocenters. The summed E-state index contributed by atoms with van der Waals surface area (Å²) in [4.78, 5) is 25.5. The number of rotatable bonds is 3. The van der Waals surface area contributed by atoms with Gasteiger partial charge in [0.2, 0.25) is 5.65 Å². The van der Waals surface area contributed by atoms with E-state index >= 15 is 0 Å². The highest BCUT2D eigenvalue weighted by molar-refractivity contribution is 6.31. The summed E-state index contributed by atoms with van der Waals surface area (Å²) in [5.41, 5.74) is 1.94. The molecule has 2 aromatic heterocycles. The van der Waals surface area contributed by atoms with Gasteiger partial charge >= 0.3 is 11.2 Å². The molecule has 0 spiro atoms. The summed E-state index contributed by atoms with van der Waals surface area (Å²) < 4.78 is 17.7. The molecule has 8 heteroatoms. The molecule has 4 rings (SSSR count). The molecule has 0 saturated carbocycles. The SMILES string of the molecule is Cc1ccc(-n2ccn3c(=O)n(Cc4c(F)cccc4Cl)nc3c2=O)cc1C. The molecule has 0 unspecified atom stereocenters. The molecule has 2 aromatic carbocycles. The molecular formula is C20H16ClFN4O2. The van der Waals surface area contributed by atoms with Crippen LogP contribution in [-0.4, -0.2) is 18.7 Å². The normalized spacial score (nSPS) is 11.3. The molecule has 0 amide bonds.